The minimum absolute atomic E-state index is 0.194. The molecule has 1 aromatic heterocycles. The number of hydrogen-bond donors (Lipinski definition) is 1. The van der Waals surface area contributed by atoms with E-state index >= 15 is 0 Å². The molecule has 0 spiro atoms. The van der Waals surface area contributed by atoms with E-state index in [1.54, 1.807) is 6.20 Å². The van der Waals surface area contributed by atoms with Crippen LogP contribution in [0.3, 0.4) is 0 Å². The maximum atomic E-state index is 13.0. The van der Waals surface area contributed by atoms with Gasteiger partial charge in [-0.1, -0.05) is 30.3 Å². The minimum Gasteiger partial charge on any atom is -0.384 e. The number of benzene rings is 1. The van der Waals surface area contributed by atoms with Gasteiger partial charge in [-0.3, -0.25) is 9.69 Å². The van der Waals surface area contributed by atoms with Gasteiger partial charge in [-0.25, -0.2) is 4.98 Å². The first-order valence-corrected chi connectivity index (χ1v) is 10.9. The molecule has 0 bridgehead atoms. The zero-order chi connectivity index (χ0) is 20.1. The van der Waals surface area contributed by atoms with Crippen molar-refractivity contribution in [2.24, 2.45) is 11.8 Å². The van der Waals surface area contributed by atoms with Gasteiger partial charge < -0.3 is 10.6 Å². The van der Waals surface area contributed by atoms with E-state index in [2.05, 4.69) is 45.1 Å². The fourth-order valence-electron chi connectivity index (χ4n) is 4.75. The molecule has 1 amide bonds. The summed E-state index contributed by atoms with van der Waals surface area (Å²) in [5, 5.41) is 0. The number of amides is 1. The Balaban J connectivity index is 1.21. The lowest BCUT2D eigenvalue weighted by molar-refractivity contribution is -0.138. The van der Waals surface area contributed by atoms with Crippen LogP contribution in [-0.2, 0) is 17.8 Å². The molecule has 2 N–H and O–H groups in total. The fraction of sp³-hybridized carbons (Fsp3) is 0.500. The fourth-order valence-corrected chi connectivity index (χ4v) is 4.75. The second-order valence-corrected chi connectivity index (χ2v) is 8.60. The Morgan fingerprint density at radius 1 is 0.966 bits per heavy atom. The molecule has 0 unspecified atom stereocenters. The smallest absolute Gasteiger partial charge is 0.225 e. The van der Waals surface area contributed by atoms with E-state index in [4.69, 9.17) is 5.73 Å². The molecule has 154 valence electrons. The summed E-state index contributed by atoms with van der Waals surface area (Å²) in [4.78, 5) is 21.6. The van der Waals surface area contributed by atoms with Crippen LogP contribution in [0.15, 0.2) is 48.7 Å². The number of nitrogen functional groups attached to an aromatic ring is 1. The van der Waals surface area contributed by atoms with Crippen LogP contribution in [0.1, 0.15) is 36.8 Å². The van der Waals surface area contributed by atoms with Crippen molar-refractivity contribution >= 4 is 11.7 Å². The van der Waals surface area contributed by atoms with Gasteiger partial charge in [-0.05, 0) is 74.4 Å². The highest BCUT2D eigenvalue weighted by Gasteiger charge is 2.30. The Morgan fingerprint density at radius 3 is 2.38 bits per heavy atom. The van der Waals surface area contributed by atoms with Crippen molar-refractivity contribution in [1.82, 2.24) is 14.8 Å². The first-order valence-electron chi connectivity index (χ1n) is 10.9. The number of carbonyl (C=O) groups excluding carboxylic acids is 1. The van der Waals surface area contributed by atoms with Gasteiger partial charge in [0.2, 0.25) is 5.91 Å². The summed E-state index contributed by atoms with van der Waals surface area (Å²) in [6.45, 7) is 4.68. The normalized spacial score (nSPS) is 19.4. The maximum Gasteiger partial charge on any atom is 0.225 e. The first-order chi connectivity index (χ1) is 14.2. The summed E-state index contributed by atoms with van der Waals surface area (Å²) >= 11 is 0. The van der Waals surface area contributed by atoms with Gasteiger partial charge in [0.1, 0.15) is 5.82 Å². The first kappa shape index (κ1) is 19.9. The quantitative estimate of drug-likeness (QED) is 0.848. The second kappa shape index (κ2) is 9.40. The molecule has 2 aromatic rings. The zero-order valence-electron chi connectivity index (χ0n) is 17.2. The number of piperidine rings is 2. The van der Waals surface area contributed by atoms with Crippen molar-refractivity contribution in [3.63, 3.8) is 0 Å². The van der Waals surface area contributed by atoms with Gasteiger partial charge in [-0.2, -0.15) is 0 Å². The number of rotatable bonds is 5. The van der Waals surface area contributed by atoms with E-state index in [1.165, 1.54) is 11.1 Å². The molecule has 0 aliphatic carbocycles. The van der Waals surface area contributed by atoms with Gasteiger partial charge in [0.15, 0.2) is 0 Å². The molecule has 1 aromatic carbocycles. The Hall–Kier alpha value is -2.40. The van der Waals surface area contributed by atoms with Crippen LogP contribution in [0.2, 0.25) is 0 Å². The van der Waals surface area contributed by atoms with Crippen LogP contribution in [0.25, 0.3) is 0 Å². The van der Waals surface area contributed by atoms with Crippen LogP contribution in [0.5, 0.6) is 0 Å². The molecule has 3 heterocycles. The lowest BCUT2D eigenvalue weighted by Crippen LogP contribution is -2.45. The monoisotopic (exact) mass is 392 g/mol. The second-order valence-electron chi connectivity index (χ2n) is 8.60. The molecule has 0 atom stereocenters. The van der Waals surface area contributed by atoms with Gasteiger partial charge >= 0.3 is 0 Å². The third-order valence-corrected chi connectivity index (χ3v) is 6.48. The number of pyridine rings is 1. The average molecular weight is 393 g/mol. The van der Waals surface area contributed by atoms with Gasteiger partial charge in [0.25, 0.3) is 0 Å². The van der Waals surface area contributed by atoms with Gasteiger partial charge in [-0.15, -0.1) is 0 Å². The molecule has 2 aliphatic rings. The lowest BCUT2D eigenvalue weighted by Gasteiger charge is -2.37. The molecule has 5 heteroatoms. The molecule has 29 heavy (non-hydrogen) atoms. The minimum atomic E-state index is 0.194. The molecule has 2 aliphatic heterocycles. The third kappa shape index (κ3) is 5.36. The van der Waals surface area contributed by atoms with Crippen LogP contribution < -0.4 is 5.73 Å². The van der Waals surface area contributed by atoms with Crippen molar-refractivity contribution in [2.75, 3.05) is 31.9 Å². The van der Waals surface area contributed by atoms with E-state index in [9.17, 15) is 4.79 Å². The Bertz CT molecular complexity index is 794. The molecule has 0 saturated carbocycles. The zero-order valence-corrected chi connectivity index (χ0v) is 17.2. The lowest BCUT2D eigenvalue weighted by atomic mass is 9.88. The summed E-state index contributed by atoms with van der Waals surface area (Å²) in [5.41, 5.74) is 8.40. The molecule has 2 fully saturated rings. The van der Waals surface area contributed by atoms with Gasteiger partial charge in [0.05, 0.1) is 0 Å². The van der Waals surface area contributed by atoms with E-state index < -0.39 is 0 Å². The average Bonchev–Trinajstić information content (AvgIpc) is 2.75. The molecular formula is C24H32N4O. The van der Waals surface area contributed by atoms with Crippen LogP contribution in [-0.4, -0.2) is 46.9 Å². The topological polar surface area (TPSA) is 62.5 Å². The van der Waals surface area contributed by atoms with Crippen molar-refractivity contribution in [1.29, 1.82) is 0 Å². The standard InChI is InChI=1S/C24H32N4O/c25-23-17-21(6-11-26-23)18-27-12-9-22(10-13-27)24(29)28-14-7-20(8-15-28)16-19-4-2-1-3-5-19/h1-6,11,17,20,22H,7-10,12-16,18H2,(H2,25,26). The number of nitrogens with zero attached hydrogens (tertiary/aromatic N) is 3. The number of anilines is 1. The Morgan fingerprint density at radius 2 is 1.69 bits per heavy atom. The number of carbonyl (C=O) groups is 1. The maximum absolute atomic E-state index is 13.0. The number of aromatic nitrogens is 1. The summed E-state index contributed by atoms with van der Waals surface area (Å²) in [6.07, 6.45) is 7.09. The van der Waals surface area contributed by atoms with Crippen LogP contribution in [0.4, 0.5) is 5.82 Å². The van der Waals surface area contributed by atoms with Gasteiger partial charge in [0, 0.05) is 31.7 Å². The van der Waals surface area contributed by atoms with Crippen LogP contribution >= 0.6 is 0 Å². The summed E-state index contributed by atoms with van der Waals surface area (Å²) in [5.74, 6) is 1.86. The molecule has 2 saturated heterocycles. The summed E-state index contributed by atoms with van der Waals surface area (Å²) < 4.78 is 0. The SMILES string of the molecule is Nc1cc(CN2CCC(C(=O)N3CCC(Cc4ccccc4)CC3)CC2)ccn1. The largest absolute Gasteiger partial charge is 0.384 e. The third-order valence-electron chi connectivity index (χ3n) is 6.48. The van der Waals surface area contributed by atoms with Crippen molar-refractivity contribution < 1.29 is 4.79 Å². The van der Waals surface area contributed by atoms with E-state index in [-0.39, 0.29) is 5.92 Å². The van der Waals surface area contributed by atoms with E-state index in [0.717, 1.165) is 64.8 Å². The van der Waals surface area contributed by atoms with Crippen molar-refractivity contribution in [3.05, 3.63) is 59.8 Å². The predicted octanol–water partition coefficient (Wildman–Crippen LogP) is 3.36. The highest BCUT2D eigenvalue weighted by Crippen LogP contribution is 2.26. The van der Waals surface area contributed by atoms with E-state index in [0.29, 0.717) is 17.6 Å². The Labute approximate surface area is 173 Å². The van der Waals surface area contributed by atoms with Crippen LogP contribution in [0, 0.1) is 11.8 Å². The molecule has 4 rings (SSSR count). The molecular weight excluding hydrogens is 360 g/mol. The summed E-state index contributed by atoms with van der Waals surface area (Å²) in [7, 11) is 0. The molecule has 0 radical (unpaired) electrons. The van der Waals surface area contributed by atoms with Crippen molar-refractivity contribution in [3.8, 4) is 0 Å². The van der Waals surface area contributed by atoms with E-state index in [1.807, 2.05) is 12.1 Å². The summed E-state index contributed by atoms with van der Waals surface area (Å²) in [6, 6.07) is 14.7. The number of likely N-dealkylation sites (tertiary alicyclic amines) is 2. The number of hydrogen-bond acceptors (Lipinski definition) is 4. The highest BCUT2D eigenvalue weighted by molar-refractivity contribution is 5.79. The van der Waals surface area contributed by atoms with Crippen molar-refractivity contribution in [2.45, 2.75) is 38.6 Å². The highest BCUT2D eigenvalue weighted by atomic mass is 16.2. The number of nitrogens with two attached hydrogens (primary N) is 1. The predicted molar refractivity (Wildman–Crippen MR) is 116 cm³/mol. The molecule has 5 nitrogen and oxygen atoms in total. The Kier molecular flexibility index (Phi) is 6.45.